The largest absolute Gasteiger partial charge is 0.370 e. The predicted octanol–water partition coefficient (Wildman–Crippen LogP) is 2.86. The Morgan fingerprint density at radius 1 is 1.47 bits per heavy atom. The zero-order chi connectivity index (χ0) is 12.4. The van der Waals surface area contributed by atoms with Crippen molar-refractivity contribution in [1.29, 1.82) is 0 Å². The van der Waals surface area contributed by atoms with Crippen molar-refractivity contribution < 1.29 is 0 Å². The first-order valence-corrected chi connectivity index (χ1v) is 6.93. The van der Waals surface area contributed by atoms with Crippen LogP contribution < -0.4 is 11.1 Å². The molecule has 0 aromatic heterocycles. The molecule has 0 heterocycles. The molecule has 0 aliphatic rings. The lowest BCUT2D eigenvalue weighted by atomic mass is 10.3. The van der Waals surface area contributed by atoms with Crippen LogP contribution in [-0.4, -0.2) is 30.6 Å². The quantitative estimate of drug-likeness (QED) is 0.227. The number of nitrogens with two attached hydrogens (primary N) is 1. The number of aliphatic imine (C=N–C) groups is 1. The zero-order valence-electron chi connectivity index (χ0n) is 11.2. The van der Waals surface area contributed by atoms with Crippen LogP contribution in [0.1, 0.15) is 27.2 Å². The van der Waals surface area contributed by atoms with Crippen LogP contribution in [0.4, 0.5) is 0 Å². The third-order valence-electron chi connectivity index (χ3n) is 1.74. The summed E-state index contributed by atoms with van der Waals surface area (Å²) in [5, 5.41) is 3.10. The molecular formula is C12H26IN3S. The number of nitrogens with zero attached hydrogens (tertiary/aromatic N) is 1. The first-order chi connectivity index (χ1) is 7.52. The predicted molar refractivity (Wildman–Crippen MR) is 91.5 cm³/mol. The summed E-state index contributed by atoms with van der Waals surface area (Å²) in [6.45, 7) is 11.7. The van der Waals surface area contributed by atoms with Gasteiger partial charge in [-0.15, -0.1) is 24.0 Å². The lowest BCUT2D eigenvalue weighted by Gasteiger charge is -2.06. The van der Waals surface area contributed by atoms with E-state index in [1.165, 1.54) is 11.5 Å². The van der Waals surface area contributed by atoms with E-state index in [9.17, 15) is 0 Å². The summed E-state index contributed by atoms with van der Waals surface area (Å²) in [5.74, 6) is 3.72. The van der Waals surface area contributed by atoms with Crippen molar-refractivity contribution in [2.75, 3.05) is 24.6 Å². The van der Waals surface area contributed by atoms with Crippen LogP contribution in [0.25, 0.3) is 0 Å². The molecule has 0 bridgehead atoms. The Kier molecular flexibility index (Phi) is 14.3. The molecule has 0 fully saturated rings. The van der Waals surface area contributed by atoms with Gasteiger partial charge in [0.15, 0.2) is 5.96 Å². The number of thioether (sulfide) groups is 1. The van der Waals surface area contributed by atoms with Gasteiger partial charge in [-0.05, 0) is 30.8 Å². The molecule has 0 aromatic carbocycles. The monoisotopic (exact) mass is 371 g/mol. The molecule has 0 spiro atoms. The van der Waals surface area contributed by atoms with E-state index < -0.39 is 0 Å². The fourth-order valence-corrected chi connectivity index (χ4v) is 1.97. The van der Waals surface area contributed by atoms with Gasteiger partial charge in [-0.2, -0.15) is 11.8 Å². The van der Waals surface area contributed by atoms with Gasteiger partial charge in [0.25, 0.3) is 0 Å². The minimum absolute atomic E-state index is 0. The highest BCUT2D eigenvalue weighted by molar-refractivity contribution is 14.0. The average Bonchev–Trinajstić information content (AvgIpc) is 2.19. The second-order valence-electron chi connectivity index (χ2n) is 4.41. The Morgan fingerprint density at radius 3 is 2.65 bits per heavy atom. The topological polar surface area (TPSA) is 50.4 Å². The third-order valence-corrected chi connectivity index (χ3v) is 3.22. The van der Waals surface area contributed by atoms with Crippen LogP contribution in [0.5, 0.6) is 0 Å². The zero-order valence-corrected chi connectivity index (χ0v) is 14.3. The third kappa shape index (κ3) is 16.1. The first kappa shape index (κ1) is 19.4. The molecule has 0 aliphatic heterocycles. The van der Waals surface area contributed by atoms with Crippen LogP contribution in [0, 0.1) is 5.92 Å². The van der Waals surface area contributed by atoms with Gasteiger partial charge in [0.05, 0.1) is 6.54 Å². The Morgan fingerprint density at radius 2 is 2.12 bits per heavy atom. The van der Waals surface area contributed by atoms with Gasteiger partial charge in [-0.3, -0.25) is 0 Å². The van der Waals surface area contributed by atoms with Gasteiger partial charge in [-0.25, -0.2) is 4.99 Å². The summed E-state index contributed by atoms with van der Waals surface area (Å²) in [6, 6.07) is 0. The van der Waals surface area contributed by atoms with E-state index in [0.29, 0.717) is 12.5 Å². The Hall–Kier alpha value is 0.0900. The summed E-state index contributed by atoms with van der Waals surface area (Å²) in [4.78, 5) is 4.15. The highest BCUT2D eigenvalue weighted by Crippen LogP contribution is 2.07. The van der Waals surface area contributed by atoms with Crippen molar-refractivity contribution in [3.8, 4) is 0 Å². The molecule has 0 rings (SSSR count). The van der Waals surface area contributed by atoms with Gasteiger partial charge < -0.3 is 11.1 Å². The van der Waals surface area contributed by atoms with Crippen LogP contribution in [0.3, 0.4) is 0 Å². The summed E-state index contributed by atoms with van der Waals surface area (Å²) < 4.78 is 0. The lowest BCUT2D eigenvalue weighted by Crippen LogP contribution is -2.32. The van der Waals surface area contributed by atoms with Gasteiger partial charge in [-0.1, -0.05) is 26.0 Å². The molecule has 0 saturated heterocycles. The summed E-state index contributed by atoms with van der Waals surface area (Å²) >= 11 is 2.00. The van der Waals surface area contributed by atoms with Gasteiger partial charge in [0.2, 0.25) is 0 Å². The minimum atomic E-state index is 0. The molecule has 0 aromatic rings. The van der Waals surface area contributed by atoms with Gasteiger partial charge in [0.1, 0.15) is 0 Å². The van der Waals surface area contributed by atoms with Crippen LogP contribution in [0.15, 0.2) is 17.1 Å². The normalized spacial score (nSPS) is 11.2. The summed E-state index contributed by atoms with van der Waals surface area (Å²) in [7, 11) is 0. The molecule has 0 atom stereocenters. The number of halogens is 1. The van der Waals surface area contributed by atoms with Gasteiger partial charge in [0, 0.05) is 6.54 Å². The molecule has 0 unspecified atom stereocenters. The number of guanidine groups is 1. The lowest BCUT2D eigenvalue weighted by molar-refractivity contribution is 0.748. The van der Waals surface area contributed by atoms with Crippen molar-refractivity contribution in [2.24, 2.45) is 16.6 Å². The fourth-order valence-electron chi connectivity index (χ4n) is 0.986. The van der Waals surface area contributed by atoms with E-state index in [0.717, 1.165) is 24.5 Å². The Bertz CT molecular complexity index is 230. The summed E-state index contributed by atoms with van der Waals surface area (Å²) in [6.07, 6.45) is 1.13. The molecule has 17 heavy (non-hydrogen) atoms. The van der Waals surface area contributed by atoms with Crippen LogP contribution in [-0.2, 0) is 0 Å². The summed E-state index contributed by atoms with van der Waals surface area (Å²) in [5.41, 5.74) is 6.70. The van der Waals surface area contributed by atoms with E-state index in [1.54, 1.807) is 0 Å². The molecule has 0 aliphatic carbocycles. The van der Waals surface area contributed by atoms with Crippen LogP contribution in [0.2, 0.25) is 0 Å². The van der Waals surface area contributed by atoms with E-state index in [-0.39, 0.29) is 24.0 Å². The fraction of sp³-hybridized carbons (Fsp3) is 0.750. The highest BCUT2D eigenvalue weighted by Gasteiger charge is 1.95. The van der Waals surface area contributed by atoms with Crippen molar-refractivity contribution in [3.63, 3.8) is 0 Å². The van der Waals surface area contributed by atoms with Crippen molar-refractivity contribution in [3.05, 3.63) is 12.2 Å². The van der Waals surface area contributed by atoms with Crippen molar-refractivity contribution in [2.45, 2.75) is 27.2 Å². The average molecular weight is 371 g/mol. The number of hydrogen-bond acceptors (Lipinski definition) is 2. The van der Waals surface area contributed by atoms with E-state index in [1.807, 2.05) is 18.7 Å². The SMILES string of the molecule is C=C(C)CN=C(N)NCCCSCC(C)C.I. The second kappa shape index (κ2) is 12.5. The van der Waals surface area contributed by atoms with Crippen LogP contribution >= 0.6 is 35.7 Å². The molecule has 3 N–H and O–H groups in total. The Balaban J connectivity index is 0. The maximum absolute atomic E-state index is 5.68. The van der Waals surface area contributed by atoms with Crippen molar-refractivity contribution >= 4 is 41.7 Å². The van der Waals surface area contributed by atoms with E-state index in [4.69, 9.17) is 5.73 Å². The van der Waals surface area contributed by atoms with Gasteiger partial charge >= 0.3 is 0 Å². The second-order valence-corrected chi connectivity index (χ2v) is 5.56. The number of nitrogens with one attached hydrogen (secondary N) is 1. The molecule has 0 radical (unpaired) electrons. The minimum Gasteiger partial charge on any atom is -0.370 e. The van der Waals surface area contributed by atoms with E-state index >= 15 is 0 Å². The smallest absolute Gasteiger partial charge is 0.188 e. The van der Waals surface area contributed by atoms with E-state index in [2.05, 4.69) is 30.7 Å². The molecule has 5 heteroatoms. The maximum Gasteiger partial charge on any atom is 0.188 e. The number of rotatable bonds is 8. The Labute approximate surface area is 127 Å². The molecule has 102 valence electrons. The molecular weight excluding hydrogens is 345 g/mol. The first-order valence-electron chi connectivity index (χ1n) is 5.78. The van der Waals surface area contributed by atoms with Crippen molar-refractivity contribution in [1.82, 2.24) is 5.32 Å². The number of hydrogen-bond donors (Lipinski definition) is 2. The standard InChI is InChI=1S/C12H25N3S.HI/c1-10(2)8-15-12(13)14-6-5-7-16-9-11(3)4;/h11H,1,5-9H2,2-4H3,(H3,13,14,15);1H. The molecule has 0 amide bonds. The highest BCUT2D eigenvalue weighted by atomic mass is 127. The maximum atomic E-state index is 5.68. The molecule has 0 saturated carbocycles. The molecule has 3 nitrogen and oxygen atoms in total.